The minimum Gasteiger partial charge on any atom is -0.431 e. The Morgan fingerprint density at radius 1 is 1.21 bits per heavy atom. The number of anilines is 1. The van der Waals surface area contributed by atoms with Crippen LogP contribution in [0.5, 0.6) is 5.75 Å². The third kappa shape index (κ3) is 3.74. The molecule has 2 N–H and O–H groups in total. The molecule has 1 rings (SSSR count). The van der Waals surface area contributed by atoms with E-state index in [1.165, 1.54) is 24.3 Å². The van der Waals surface area contributed by atoms with E-state index in [2.05, 4.69) is 4.74 Å². The molecule has 1 aromatic carbocycles. The van der Waals surface area contributed by atoms with E-state index < -0.39 is 12.8 Å². The van der Waals surface area contributed by atoms with Gasteiger partial charge in [-0.2, -0.15) is 8.78 Å². The van der Waals surface area contributed by atoms with Crippen LogP contribution < -0.4 is 10.5 Å². The van der Waals surface area contributed by atoms with Gasteiger partial charge in [-0.3, -0.25) is 0 Å². The fourth-order valence-electron chi connectivity index (χ4n) is 0.736. The average molecular weight is 228 g/mol. The third-order valence-corrected chi connectivity index (χ3v) is 1.30. The van der Waals surface area contributed by atoms with Gasteiger partial charge in [0.05, 0.1) is 0 Å². The summed E-state index contributed by atoms with van der Waals surface area (Å²) >= 11 is 0. The van der Waals surface area contributed by atoms with E-state index in [1.807, 2.05) is 0 Å². The molecule has 0 unspecified atom stereocenters. The van der Waals surface area contributed by atoms with Crippen molar-refractivity contribution >= 4 is 18.1 Å². The van der Waals surface area contributed by atoms with E-state index in [1.54, 1.807) is 0 Å². The van der Waals surface area contributed by atoms with E-state index in [9.17, 15) is 13.2 Å². The molecule has 80 valence electrons. The van der Waals surface area contributed by atoms with Crippen LogP contribution in [0.2, 0.25) is 0 Å². The van der Waals surface area contributed by atoms with Crippen LogP contribution >= 0.6 is 12.4 Å². The molecule has 0 aliphatic rings. The highest BCUT2D eigenvalue weighted by atomic mass is 35.5. The smallest absolute Gasteiger partial charge is 0.427 e. The Bertz CT molecular complexity index is 278. The number of halogens is 4. The zero-order chi connectivity index (χ0) is 9.90. The molecule has 1 aromatic rings. The Morgan fingerprint density at radius 3 is 2.14 bits per heavy atom. The number of nitrogen functional groups attached to an aromatic ring is 1. The lowest BCUT2D eigenvalue weighted by molar-refractivity contribution is -0.186. The van der Waals surface area contributed by atoms with Crippen molar-refractivity contribution in [2.24, 2.45) is 0 Å². The van der Waals surface area contributed by atoms with Gasteiger partial charge in [-0.25, -0.2) is 4.39 Å². The maximum Gasteiger partial charge on any atom is 0.427 e. The van der Waals surface area contributed by atoms with Crippen LogP contribution in [-0.2, 0) is 0 Å². The maximum absolute atomic E-state index is 12.3. The summed E-state index contributed by atoms with van der Waals surface area (Å²) in [6.45, 7) is -1.85. The summed E-state index contributed by atoms with van der Waals surface area (Å²) in [6, 6.07) is 5.28. The number of benzene rings is 1. The molecule has 0 radical (unpaired) electrons. The van der Waals surface area contributed by atoms with Gasteiger partial charge >= 0.3 is 6.11 Å². The molecule has 0 aliphatic heterocycles. The predicted molar refractivity (Wildman–Crippen MR) is 49.7 cm³/mol. The summed E-state index contributed by atoms with van der Waals surface area (Å²) in [6.07, 6.45) is -3.77. The first-order valence-electron chi connectivity index (χ1n) is 3.52. The quantitative estimate of drug-likeness (QED) is 0.806. The van der Waals surface area contributed by atoms with Gasteiger partial charge in [0.15, 0.2) is 6.67 Å². The highest BCUT2D eigenvalue weighted by molar-refractivity contribution is 5.85. The molecule has 14 heavy (non-hydrogen) atoms. The highest BCUT2D eigenvalue weighted by Gasteiger charge is 2.31. The van der Waals surface area contributed by atoms with Gasteiger partial charge in [0.2, 0.25) is 0 Å². The van der Waals surface area contributed by atoms with Gasteiger partial charge in [-0.05, 0) is 24.3 Å². The monoisotopic (exact) mass is 227 g/mol. The van der Waals surface area contributed by atoms with Crippen LogP contribution in [0, 0.1) is 0 Å². The first-order chi connectivity index (χ1) is 6.03. The molecule has 0 fully saturated rings. The van der Waals surface area contributed by atoms with Crippen molar-refractivity contribution in [1.82, 2.24) is 0 Å². The second-order valence-corrected chi connectivity index (χ2v) is 2.44. The number of rotatable bonds is 3. The first-order valence-corrected chi connectivity index (χ1v) is 3.52. The summed E-state index contributed by atoms with van der Waals surface area (Å²) in [5, 5.41) is 0. The molecule has 0 aromatic heterocycles. The Kier molecular flexibility index (Phi) is 4.56. The Morgan fingerprint density at radius 2 is 1.71 bits per heavy atom. The Hall–Kier alpha value is -1.10. The number of hydrogen-bond donors (Lipinski definition) is 1. The lowest BCUT2D eigenvalue weighted by Gasteiger charge is -2.14. The third-order valence-electron chi connectivity index (χ3n) is 1.30. The van der Waals surface area contributed by atoms with Crippen molar-refractivity contribution in [3.63, 3.8) is 0 Å². The zero-order valence-electron chi connectivity index (χ0n) is 7.04. The molecular weight excluding hydrogens is 219 g/mol. The fourth-order valence-corrected chi connectivity index (χ4v) is 0.736. The molecule has 0 atom stereocenters. The van der Waals surface area contributed by atoms with Crippen LogP contribution in [0.15, 0.2) is 24.3 Å². The van der Waals surface area contributed by atoms with Crippen molar-refractivity contribution < 1.29 is 17.9 Å². The summed E-state index contributed by atoms with van der Waals surface area (Å²) in [4.78, 5) is 0. The fraction of sp³-hybridized carbons (Fsp3) is 0.250. The van der Waals surface area contributed by atoms with Gasteiger partial charge in [0.1, 0.15) is 5.75 Å². The van der Waals surface area contributed by atoms with Crippen molar-refractivity contribution in [3.8, 4) is 5.75 Å². The summed E-state index contributed by atoms with van der Waals surface area (Å²) in [7, 11) is 0. The van der Waals surface area contributed by atoms with Crippen LogP contribution in [0.3, 0.4) is 0 Å². The van der Waals surface area contributed by atoms with E-state index in [4.69, 9.17) is 5.73 Å². The molecule has 0 amide bonds. The second kappa shape index (κ2) is 4.95. The van der Waals surface area contributed by atoms with Gasteiger partial charge in [0.25, 0.3) is 0 Å². The maximum atomic E-state index is 12.3. The predicted octanol–water partition coefficient (Wildman–Crippen LogP) is 2.63. The molecule has 0 aliphatic carbocycles. The van der Waals surface area contributed by atoms with E-state index in [-0.39, 0.29) is 18.2 Å². The van der Waals surface area contributed by atoms with Gasteiger partial charge in [-0.1, -0.05) is 0 Å². The second-order valence-electron chi connectivity index (χ2n) is 2.44. The number of nitrogens with two attached hydrogens (primary N) is 1. The van der Waals surface area contributed by atoms with Crippen molar-refractivity contribution in [1.29, 1.82) is 0 Å². The largest absolute Gasteiger partial charge is 0.431 e. The standard InChI is InChI=1S/C8H8F3NO.ClH/c9-5-8(10,11)13-7-3-1-6(12)2-4-7;/h1-4H,5,12H2;1H. The van der Waals surface area contributed by atoms with Crippen LogP contribution in [0.4, 0.5) is 18.9 Å². The lowest BCUT2D eigenvalue weighted by atomic mass is 10.3. The van der Waals surface area contributed by atoms with E-state index >= 15 is 0 Å². The average Bonchev–Trinajstić information content (AvgIpc) is 2.09. The molecule has 0 spiro atoms. The van der Waals surface area contributed by atoms with Crippen LogP contribution in [-0.4, -0.2) is 12.8 Å². The molecule has 2 nitrogen and oxygen atoms in total. The lowest BCUT2D eigenvalue weighted by Crippen LogP contribution is -2.26. The highest BCUT2D eigenvalue weighted by Crippen LogP contribution is 2.22. The Labute approximate surface area is 85.3 Å². The van der Waals surface area contributed by atoms with Gasteiger partial charge < -0.3 is 10.5 Å². The van der Waals surface area contributed by atoms with Crippen molar-refractivity contribution in [2.75, 3.05) is 12.4 Å². The van der Waals surface area contributed by atoms with Gasteiger partial charge in [0, 0.05) is 5.69 Å². The molecule has 0 saturated heterocycles. The summed E-state index contributed by atoms with van der Waals surface area (Å²) < 4.78 is 40.3. The van der Waals surface area contributed by atoms with Crippen molar-refractivity contribution in [2.45, 2.75) is 6.11 Å². The number of alkyl halides is 3. The zero-order valence-corrected chi connectivity index (χ0v) is 7.86. The minimum absolute atomic E-state index is 0. The normalized spacial score (nSPS) is 10.5. The Balaban J connectivity index is 0.00000169. The van der Waals surface area contributed by atoms with E-state index in [0.29, 0.717) is 5.69 Å². The SMILES string of the molecule is Cl.Nc1ccc(OC(F)(F)CF)cc1. The van der Waals surface area contributed by atoms with Gasteiger partial charge in [-0.15, -0.1) is 12.4 Å². The molecule has 0 bridgehead atoms. The molecule has 0 saturated carbocycles. The van der Waals surface area contributed by atoms with E-state index in [0.717, 1.165) is 0 Å². The molecule has 6 heteroatoms. The number of ether oxygens (including phenoxy) is 1. The minimum atomic E-state index is -3.77. The summed E-state index contributed by atoms with van der Waals surface area (Å²) in [5.74, 6) is -0.114. The summed E-state index contributed by atoms with van der Waals surface area (Å²) in [5.41, 5.74) is 5.73. The molecular formula is C8H9ClF3NO. The first kappa shape index (κ1) is 12.9. The molecule has 0 heterocycles. The van der Waals surface area contributed by atoms with Crippen LogP contribution in [0.1, 0.15) is 0 Å². The van der Waals surface area contributed by atoms with Crippen molar-refractivity contribution in [3.05, 3.63) is 24.3 Å². The topological polar surface area (TPSA) is 35.2 Å². The number of hydrogen-bond acceptors (Lipinski definition) is 2. The van der Waals surface area contributed by atoms with Crippen LogP contribution in [0.25, 0.3) is 0 Å².